The van der Waals surface area contributed by atoms with Gasteiger partial charge in [0.25, 0.3) is 0 Å². The molecule has 0 aromatic heterocycles. The number of phenols is 2. The van der Waals surface area contributed by atoms with Crippen LogP contribution in [0.2, 0.25) is 0 Å². The topological polar surface area (TPSA) is 40.5 Å². The summed E-state index contributed by atoms with van der Waals surface area (Å²) in [7, 11) is 0. The highest BCUT2D eigenvalue weighted by Crippen LogP contribution is 2.45. The van der Waals surface area contributed by atoms with Crippen molar-refractivity contribution < 1.29 is 10.2 Å². The summed E-state index contributed by atoms with van der Waals surface area (Å²) in [6.07, 6.45) is 11.0. The standard InChI is InChI=1S/C23H34O2/c1-5-6-7-8-9-10-20-22(24)14-13-19(23(20)25)21-15-17(4)11-12-18(21)16(2)3/h13-15,18,21,24-25H,2,5-12H2,1,3-4H3/t18-,21+/m0/s1. The lowest BCUT2D eigenvalue weighted by molar-refractivity contribution is 0.415. The van der Waals surface area contributed by atoms with Gasteiger partial charge in [-0.05, 0) is 51.5 Å². The minimum atomic E-state index is 0.158. The number of hydrogen-bond donors (Lipinski definition) is 2. The molecule has 2 heteroatoms. The molecule has 0 amide bonds. The summed E-state index contributed by atoms with van der Waals surface area (Å²) in [6.45, 7) is 10.6. The van der Waals surface area contributed by atoms with E-state index in [1.165, 1.54) is 30.4 Å². The lowest BCUT2D eigenvalue weighted by atomic mass is 9.73. The molecule has 0 unspecified atom stereocenters. The quantitative estimate of drug-likeness (QED) is 0.411. The number of benzene rings is 1. The molecule has 0 radical (unpaired) electrons. The molecule has 1 aromatic rings. The second kappa shape index (κ2) is 9.12. The number of phenolic OH excluding ortho intramolecular Hbond substituents is 2. The Labute approximate surface area is 153 Å². The minimum absolute atomic E-state index is 0.158. The van der Waals surface area contributed by atoms with Crippen molar-refractivity contribution >= 4 is 0 Å². The molecule has 2 atom stereocenters. The molecule has 0 saturated carbocycles. The fourth-order valence-electron chi connectivity index (χ4n) is 3.99. The summed E-state index contributed by atoms with van der Waals surface area (Å²) in [5.74, 6) is 1.03. The fraction of sp³-hybridized carbons (Fsp3) is 0.565. The van der Waals surface area contributed by atoms with Gasteiger partial charge in [0.05, 0.1) is 0 Å². The highest BCUT2D eigenvalue weighted by Gasteiger charge is 2.28. The summed E-state index contributed by atoms with van der Waals surface area (Å²) >= 11 is 0. The van der Waals surface area contributed by atoms with Crippen molar-refractivity contribution in [3.8, 4) is 11.5 Å². The number of unbranched alkanes of at least 4 members (excludes halogenated alkanes) is 4. The van der Waals surface area contributed by atoms with Gasteiger partial charge in [-0.2, -0.15) is 0 Å². The van der Waals surface area contributed by atoms with Crippen molar-refractivity contribution in [1.29, 1.82) is 0 Å². The van der Waals surface area contributed by atoms with Gasteiger partial charge >= 0.3 is 0 Å². The Morgan fingerprint density at radius 1 is 1.16 bits per heavy atom. The first-order chi connectivity index (χ1) is 12.0. The van der Waals surface area contributed by atoms with Crippen LogP contribution >= 0.6 is 0 Å². The van der Waals surface area contributed by atoms with Crippen LogP contribution in [0.15, 0.2) is 35.9 Å². The van der Waals surface area contributed by atoms with Gasteiger partial charge in [-0.15, -0.1) is 0 Å². The summed E-state index contributed by atoms with van der Waals surface area (Å²) in [5.41, 5.74) is 4.19. The lowest BCUT2D eigenvalue weighted by Crippen LogP contribution is -2.17. The zero-order valence-corrected chi connectivity index (χ0v) is 16.1. The average molecular weight is 343 g/mol. The molecule has 25 heavy (non-hydrogen) atoms. The van der Waals surface area contributed by atoms with Gasteiger partial charge < -0.3 is 10.2 Å². The van der Waals surface area contributed by atoms with E-state index in [0.29, 0.717) is 11.5 Å². The van der Waals surface area contributed by atoms with Crippen LogP contribution < -0.4 is 0 Å². The van der Waals surface area contributed by atoms with E-state index in [1.54, 1.807) is 6.07 Å². The maximum atomic E-state index is 10.9. The largest absolute Gasteiger partial charge is 0.508 e. The average Bonchev–Trinajstić information content (AvgIpc) is 2.57. The van der Waals surface area contributed by atoms with Gasteiger partial charge in [-0.25, -0.2) is 0 Å². The van der Waals surface area contributed by atoms with Gasteiger partial charge in [0.1, 0.15) is 11.5 Å². The molecular formula is C23H34O2. The Bertz CT molecular complexity index is 627. The summed E-state index contributed by atoms with van der Waals surface area (Å²) < 4.78 is 0. The molecule has 2 nitrogen and oxygen atoms in total. The van der Waals surface area contributed by atoms with Crippen molar-refractivity contribution in [2.45, 2.75) is 78.1 Å². The summed E-state index contributed by atoms with van der Waals surface area (Å²) in [4.78, 5) is 0. The van der Waals surface area contributed by atoms with E-state index >= 15 is 0 Å². The predicted molar refractivity (Wildman–Crippen MR) is 106 cm³/mol. The second-order valence-corrected chi connectivity index (χ2v) is 7.70. The number of aromatic hydroxyl groups is 2. The Morgan fingerprint density at radius 2 is 1.88 bits per heavy atom. The molecular weight excluding hydrogens is 308 g/mol. The highest BCUT2D eigenvalue weighted by molar-refractivity contribution is 5.52. The van der Waals surface area contributed by atoms with Crippen molar-refractivity contribution in [1.82, 2.24) is 0 Å². The molecule has 1 aliphatic rings. The van der Waals surface area contributed by atoms with Crippen molar-refractivity contribution in [2.75, 3.05) is 0 Å². The van der Waals surface area contributed by atoms with Crippen molar-refractivity contribution in [2.24, 2.45) is 5.92 Å². The Balaban J connectivity index is 2.24. The van der Waals surface area contributed by atoms with Crippen molar-refractivity contribution in [3.63, 3.8) is 0 Å². The van der Waals surface area contributed by atoms with Crippen LogP contribution in [0.25, 0.3) is 0 Å². The Morgan fingerprint density at radius 3 is 2.56 bits per heavy atom. The van der Waals surface area contributed by atoms with Crippen LogP contribution in [-0.4, -0.2) is 10.2 Å². The minimum Gasteiger partial charge on any atom is -0.508 e. The molecule has 138 valence electrons. The summed E-state index contributed by atoms with van der Waals surface area (Å²) in [5, 5.41) is 21.1. The maximum absolute atomic E-state index is 10.9. The van der Waals surface area contributed by atoms with Gasteiger partial charge in [0.2, 0.25) is 0 Å². The molecule has 1 aliphatic carbocycles. The predicted octanol–water partition coefficient (Wildman–Crippen LogP) is 6.63. The maximum Gasteiger partial charge on any atom is 0.126 e. The van der Waals surface area contributed by atoms with E-state index in [9.17, 15) is 10.2 Å². The molecule has 0 aliphatic heterocycles. The van der Waals surface area contributed by atoms with Crippen LogP contribution in [0.1, 0.15) is 82.8 Å². The van der Waals surface area contributed by atoms with Crippen LogP contribution in [0, 0.1) is 5.92 Å². The molecule has 2 N–H and O–H groups in total. The van der Waals surface area contributed by atoms with Gasteiger partial charge in [0, 0.05) is 17.0 Å². The highest BCUT2D eigenvalue weighted by atomic mass is 16.3. The number of rotatable bonds is 8. The van der Waals surface area contributed by atoms with Gasteiger partial charge in [-0.1, -0.05) is 62.5 Å². The third-order valence-corrected chi connectivity index (χ3v) is 5.56. The van der Waals surface area contributed by atoms with E-state index in [4.69, 9.17) is 0 Å². The third kappa shape index (κ3) is 4.90. The molecule has 0 spiro atoms. The molecule has 0 fully saturated rings. The fourth-order valence-corrected chi connectivity index (χ4v) is 3.99. The monoisotopic (exact) mass is 342 g/mol. The Hall–Kier alpha value is -1.70. The van der Waals surface area contributed by atoms with Gasteiger partial charge in [0.15, 0.2) is 0 Å². The normalized spacial score (nSPS) is 20.4. The van der Waals surface area contributed by atoms with Crippen LogP contribution in [0.4, 0.5) is 0 Å². The van der Waals surface area contributed by atoms with E-state index in [1.807, 2.05) is 6.07 Å². The SMILES string of the molecule is C=C(C)[C@@H]1CCC(C)=C[C@H]1c1ccc(O)c(CCCCCCC)c1O. The summed E-state index contributed by atoms with van der Waals surface area (Å²) in [6, 6.07) is 3.64. The first-order valence-corrected chi connectivity index (χ1v) is 9.82. The van der Waals surface area contributed by atoms with Crippen LogP contribution in [-0.2, 0) is 6.42 Å². The molecule has 2 rings (SSSR count). The van der Waals surface area contributed by atoms with Crippen LogP contribution in [0.3, 0.4) is 0 Å². The van der Waals surface area contributed by atoms with E-state index < -0.39 is 0 Å². The molecule has 0 bridgehead atoms. The zero-order valence-electron chi connectivity index (χ0n) is 16.1. The smallest absolute Gasteiger partial charge is 0.126 e. The van der Waals surface area contributed by atoms with E-state index in [-0.39, 0.29) is 17.4 Å². The molecule has 0 saturated heterocycles. The lowest BCUT2D eigenvalue weighted by Gasteiger charge is -2.31. The number of hydrogen-bond acceptors (Lipinski definition) is 2. The van der Waals surface area contributed by atoms with E-state index in [2.05, 4.69) is 33.4 Å². The molecule has 1 aromatic carbocycles. The van der Waals surface area contributed by atoms with Crippen LogP contribution in [0.5, 0.6) is 11.5 Å². The zero-order chi connectivity index (χ0) is 18.4. The second-order valence-electron chi connectivity index (χ2n) is 7.70. The van der Waals surface area contributed by atoms with E-state index in [0.717, 1.165) is 37.7 Å². The van der Waals surface area contributed by atoms with Gasteiger partial charge in [-0.3, -0.25) is 0 Å². The first-order valence-electron chi connectivity index (χ1n) is 9.82. The Kier molecular flexibility index (Phi) is 7.16. The molecule has 0 heterocycles. The number of allylic oxidation sites excluding steroid dienone is 3. The van der Waals surface area contributed by atoms with Crippen molar-refractivity contribution in [3.05, 3.63) is 47.1 Å². The first kappa shape index (κ1) is 19.6. The third-order valence-electron chi connectivity index (χ3n) is 5.56.